The van der Waals surface area contributed by atoms with Crippen LogP contribution in [0.2, 0.25) is 0 Å². The maximum Gasteiger partial charge on any atom is 0.405 e. The second kappa shape index (κ2) is 5.52. The summed E-state index contributed by atoms with van der Waals surface area (Å²) in [7, 11) is 1.33. The Hall–Kier alpha value is -1.05. The molecule has 17 heavy (non-hydrogen) atoms. The van der Waals surface area contributed by atoms with E-state index in [9.17, 15) is 13.2 Å². The molecular weight excluding hydrogens is 301 g/mol. The molecule has 1 rings (SSSR count). The zero-order valence-electron chi connectivity index (χ0n) is 9.35. The zero-order chi connectivity index (χ0) is 13.1. The van der Waals surface area contributed by atoms with E-state index >= 15 is 0 Å². The molecule has 4 nitrogen and oxygen atoms in total. The molecule has 0 saturated heterocycles. The van der Waals surface area contributed by atoms with Crippen molar-refractivity contribution in [2.24, 2.45) is 0 Å². The summed E-state index contributed by atoms with van der Waals surface area (Å²) in [6.07, 6.45) is -3.04. The van der Waals surface area contributed by atoms with Crippen molar-refractivity contribution in [1.82, 2.24) is 9.97 Å². The van der Waals surface area contributed by atoms with Crippen molar-refractivity contribution in [3.05, 3.63) is 10.8 Å². The predicted octanol–water partition coefficient (Wildman–Crippen LogP) is 2.67. The summed E-state index contributed by atoms with van der Waals surface area (Å²) in [5, 5.41) is 2.93. The Bertz CT molecular complexity index is 383. The Morgan fingerprint density at radius 1 is 1.41 bits per heavy atom. The first kappa shape index (κ1) is 14.0. The van der Waals surface area contributed by atoms with Gasteiger partial charge < -0.3 is 10.2 Å². The minimum atomic E-state index is -4.27. The second-order valence-electron chi connectivity index (χ2n) is 3.36. The predicted molar refractivity (Wildman–Crippen MR) is 63.2 cm³/mol. The number of aromatic nitrogens is 2. The maximum absolute atomic E-state index is 12.3. The molecule has 0 amide bonds. The highest BCUT2D eigenvalue weighted by atomic mass is 79.9. The molecule has 1 aromatic heterocycles. The first-order chi connectivity index (χ1) is 7.85. The van der Waals surface area contributed by atoms with Gasteiger partial charge in [0.2, 0.25) is 0 Å². The van der Waals surface area contributed by atoms with Gasteiger partial charge in [-0.15, -0.1) is 0 Å². The number of alkyl halides is 3. The number of anilines is 2. The lowest BCUT2D eigenvalue weighted by Gasteiger charge is -2.21. The maximum atomic E-state index is 12.3. The third-order valence-corrected chi connectivity index (χ3v) is 2.62. The van der Waals surface area contributed by atoms with E-state index in [1.807, 2.05) is 6.92 Å². The molecule has 0 fully saturated rings. The molecule has 0 radical (unpaired) electrons. The van der Waals surface area contributed by atoms with Gasteiger partial charge in [-0.3, -0.25) is 0 Å². The van der Waals surface area contributed by atoms with Crippen LogP contribution in [-0.4, -0.2) is 36.3 Å². The average molecular weight is 313 g/mol. The molecule has 0 aliphatic carbocycles. The van der Waals surface area contributed by atoms with Crippen molar-refractivity contribution in [3.8, 4) is 0 Å². The van der Waals surface area contributed by atoms with Crippen LogP contribution in [0.5, 0.6) is 0 Å². The Balaban J connectivity index is 2.94. The Morgan fingerprint density at radius 3 is 2.59 bits per heavy atom. The van der Waals surface area contributed by atoms with Crippen molar-refractivity contribution in [1.29, 1.82) is 0 Å². The van der Waals surface area contributed by atoms with Gasteiger partial charge in [0.1, 0.15) is 29.0 Å². The summed E-state index contributed by atoms with van der Waals surface area (Å²) in [5.74, 6) is 0.680. The van der Waals surface area contributed by atoms with E-state index in [-0.39, 0.29) is 5.82 Å². The molecule has 96 valence electrons. The lowest BCUT2D eigenvalue weighted by Crippen LogP contribution is -2.31. The summed E-state index contributed by atoms with van der Waals surface area (Å²) >= 11 is 3.19. The quantitative estimate of drug-likeness (QED) is 0.928. The molecule has 0 aliphatic rings. The molecule has 0 aromatic carbocycles. The monoisotopic (exact) mass is 312 g/mol. The zero-order valence-corrected chi connectivity index (χ0v) is 10.9. The first-order valence-electron chi connectivity index (χ1n) is 4.87. The van der Waals surface area contributed by atoms with Crippen LogP contribution in [-0.2, 0) is 0 Å². The van der Waals surface area contributed by atoms with Crippen LogP contribution < -0.4 is 10.2 Å². The molecular formula is C9H12BrF3N4. The van der Waals surface area contributed by atoms with E-state index < -0.39 is 12.7 Å². The SMILES string of the molecule is CCNc1ncnc(N(C)CC(F)(F)F)c1Br. The number of nitrogens with zero attached hydrogens (tertiary/aromatic N) is 3. The lowest BCUT2D eigenvalue weighted by atomic mass is 10.4. The smallest absolute Gasteiger partial charge is 0.369 e. The highest BCUT2D eigenvalue weighted by Gasteiger charge is 2.30. The van der Waals surface area contributed by atoms with Crippen LogP contribution in [0.3, 0.4) is 0 Å². The van der Waals surface area contributed by atoms with E-state index in [1.54, 1.807) is 0 Å². The fourth-order valence-corrected chi connectivity index (χ4v) is 1.91. The third kappa shape index (κ3) is 4.03. The summed E-state index contributed by atoms with van der Waals surface area (Å²) < 4.78 is 37.2. The summed E-state index contributed by atoms with van der Waals surface area (Å²) in [6.45, 7) is 1.43. The standard InChI is InChI=1S/C9H12BrF3N4/c1-3-14-7-6(10)8(16-5-15-7)17(2)4-9(11,12)13/h5H,3-4H2,1-2H3,(H,14,15,16). The van der Waals surface area contributed by atoms with Crippen LogP contribution in [0.1, 0.15) is 6.92 Å². The van der Waals surface area contributed by atoms with Crippen molar-refractivity contribution in [2.45, 2.75) is 13.1 Å². The van der Waals surface area contributed by atoms with Gasteiger partial charge in [-0.05, 0) is 22.9 Å². The van der Waals surface area contributed by atoms with Gasteiger partial charge in [0.15, 0.2) is 0 Å². The van der Waals surface area contributed by atoms with Crippen molar-refractivity contribution in [2.75, 3.05) is 30.4 Å². The molecule has 8 heteroatoms. The normalized spacial score (nSPS) is 11.4. The van der Waals surface area contributed by atoms with Crippen molar-refractivity contribution >= 4 is 27.6 Å². The topological polar surface area (TPSA) is 41.1 Å². The second-order valence-corrected chi connectivity index (χ2v) is 4.15. The van der Waals surface area contributed by atoms with Gasteiger partial charge >= 0.3 is 6.18 Å². The number of hydrogen-bond donors (Lipinski definition) is 1. The van der Waals surface area contributed by atoms with Gasteiger partial charge in [0.05, 0.1) is 0 Å². The largest absolute Gasteiger partial charge is 0.405 e. The highest BCUT2D eigenvalue weighted by Crippen LogP contribution is 2.30. The molecule has 1 aromatic rings. The molecule has 0 saturated carbocycles. The van der Waals surface area contributed by atoms with E-state index in [0.29, 0.717) is 16.8 Å². The minimum Gasteiger partial charge on any atom is -0.369 e. The van der Waals surface area contributed by atoms with Crippen molar-refractivity contribution in [3.63, 3.8) is 0 Å². The van der Waals surface area contributed by atoms with Crippen LogP contribution in [0.15, 0.2) is 10.8 Å². The number of rotatable bonds is 4. The average Bonchev–Trinajstić information content (AvgIpc) is 2.18. The molecule has 1 heterocycles. The molecule has 1 N–H and O–H groups in total. The van der Waals surface area contributed by atoms with Crippen molar-refractivity contribution < 1.29 is 13.2 Å². The third-order valence-electron chi connectivity index (χ3n) is 1.89. The van der Waals surface area contributed by atoms with Crippen LogP contribution in [0.4, 0.5) is 24.8 Å². The van der Waals surface area contributed by atoms with Gasteiger partial charge in [0.25, 0.3) is 0 Å². The van der Waals surface area contributed by atoms with Crippen LogP contribution >= 0.6 is 15.9 Å². The number of nitrogens with one attached hydrogen (secondary N) is 1. The van der Waals surface area contributed by atoms with E-state index in [2.05, 4.69) is 31.2 Å². The number of hydrogen-bond acceptors (Lipinski definition) is 4. The van der Waals surface area contributed by atoms with Gasteiger partial charge in [-0.1, -0.05) is 0 Å². The minimum absolute atomic E-state index is 0.202. The summed E-state index contributed by atoms with van der Waals surface area (Å²) in [6, 6.07) is 0. The van der Waals surface area contributed by atoms with E-state index in [4.69, 9.17) is 0 Å². The first-order valence-corrected chi connectivity index (χ1v) is 5.66. The van der Waals surface area contributed by atoms with Crippen LogP contribution in [0.25, 0.3) is 0 Å². The van der Waals surface area contributed by atoms with Crippen LogP contribution in [0, 0.1) is 0 Å². The highest BCUT2D eigenvalue weighted by molar-refractivity contribution is 9.10. The molecule has 0 atom stereocenters. The fraction of sp³-hybridized carbons (Fsp3) is 0.556. The Kier molecular flexibility index (Phi) is 4.55. The molecule has 0 spiro atoms. The lowest BCUT2D eigenvalue weighted by molar-refractivity contribution is -0.119. The molecule has 0 bridgehead atoms. The fourth-order valence-electron chi connectivity index (χ4n) is 1.26. The van der Waals surface area contributed by atoms with Gasteiger partial charge in [-0.2, -0.15) is 13.2 Å². The molecule has 0 aliphatic heterocycles. The summed E-state index contributed by atoms with van der Waals surface area (Å²) in [5.41, 5.74) is 0. The van der Waals surface area contributed by atoms with E-state index in [0.717, 1.165) is 4.90 Å². The Labute approximate surface area is 105 Å². The number of halogens is 4. The molecule has 0 unspecified atom stereocenters. The van der Waals surface area contributed by atoms with E-state index in [1.165, 1.54) is 13.4 Å². The Morgan fingerprint density at radius 2 is 2.06 bits per heavy atom. The van der Waals surface area contributed by atoms with Gasteiger partial charge in [0, 0.05) is 13.6 Å². The van der Waals surface area contributed by atoms with Gasteiger partial charge in [-0.25, -0.2) is 9.97 Å². The summed E-state index contributed by atoms with van der Waals surface area (Å²) in [4.78, 5) is 8.78.